The van der Waals surface area contributed by atoms with Gasteiger partial charge in [0.1, 0.15) is 5.75 Å². The largest absolute Gasteiger partial charge is 0.573 e. The van der Waals surface area contributed by atoms with E-state index in [1.165, 1.54) is 23.5 Å². The highest BCUT2D eigenvalue weighted by Gasteiger charge is 2.30. The number of thiazole rings is 1. The molecule has 114 valence electrons. The van der Waals surface area contributed by atoms with Gasteiger partial charge < -0.3 is 10.5 Å². The molecule has 2 rings (SSSR count). The number of rotatable bonds is 5. The minimum atomic E-state index is -4.66. The van der Waals surface area contributed by atoms with Crippen molar-refractivity contribution in [1.82, 2.24) is 4.98 Å². The first-order valence-corrected chi connectivity index (χ1v) is 7.27. The number of nitrogens with zero attached hydrogens (tertiary/aromatic N) is 1. The molecule has 0 atom stereocenters. The van der Waals surface area contributed by atoms with Crippen LogP contribution in [-0.4, -0.2) is 11.3 Å². The predicted octanol–water partition coefficient (Wildman–Crippen LogP) is 4.17. The van der Waals surface area contributed by atoms with Gasteiger partial charge in [-0.1, -0.05) is 25.5 Å². The third-order valence-corrected chi connectivity index (χ3v) is 3.73. The first-order valence-electron chi connectivity index (χ1n) is 6.46. The van der Waals surface area contributed by atoms with E-state index in [9.17, 15) is 13.2 Å². The Morgan fingerprint density at radius 1 is 1.24 bits per heavy atom. The lowest BCUT2D eigenvalue weighted by Gasteiger charge is -2.09. The number of hydrogen-bond donors (Lipinski definition) is 1. The van der Waals surface area contributed by atoms with Gasteiger partial charge in [-0.2, -0.15) is 0 Å². The second-order valence-electron chi connectivity index (χ2n) is 4.54. The van der Waals surface area contributed by atoms with Gasteiger partial charge in [-0.05, 0) is 24.1 Å². The molecule has 2 aromatic rings. The second-order valence-corrected chi connectivity index (χ2v) is 5.66. The van der Waals surface area contributed by atoms with E-state index in [-0.39, 0.29) is 5.75 Å². The number of alkyl halides is 3. The van der Waals surface area contributed by atoms with Crippen molar-refractivity contribution < 1.29 is 17.9 Å². The molecule has 1 heterocycles. The number of aromatic nitrogens is 1. The summed E-state index contributed by atoms with van der Waals surface area (Å²) in [6, 6.07) is 5.86. The molecular weight excluding hydrogens is 301 g/mol. The van der Waals surface area contributed by atoms with Crippen molar-refractivity contribution in [2.45, 2.75) is 32.5 Å². The average molecular weight is 316 g/mol. The maximum Gasteiger partial charge on any atom is 0.573 e. The summed E-state index contributed by atoms with van der Waals surface area (Å²) < 4.78 is 40.1. The Morgan fingerprint density at radius 3 is 2.48 bits per heavy atom. The van der Waals surface area contributed by atoms with E-state index in [1.807, 2.05) is 0 Å². The molecule has 1 aromatic carbocycles. The summed E-state index contributed by atoms with van der Waals surface area (Å²) in [5, 5.41) is 0.519. The zero-order chi connectivity index (χ0) is 15.5. The van der Waals surface area contributed by atoms with Crippen LogP contribution in [0.1, 0.15) is 29.5 Å². The molecule has 0 unspecified atom stereocenters. The molecule has 0 spiro atoms. The molecule has 0 aliphatic heterocycles. The monoisotopic (exact) mass is 316 g/mol. The molecule has 0 amide bonds. The fourth-order valence-electron chi connectivity index (χ4n) is 1.97. The van der Waals surface area contributed by atoms with Crippen molar-refractivity contribution in [3.8, 4) is 5.75 Å². The van der Waals surface area contributed by atoms with Crippen LogP contribution in [0.25, 0.3) is 0 Å². The Labute approximate surface area is 124 Å². The maximum atomic E-state index is 12.1. The molecule has 0 saturated heterocycles. The minimum absolute atomic E-state index is 0.219. The van der Waals surface area contributed by atoms with Gasteiger partial charge in [0.15, 0.2) is 5.13 Å². The molecule has 1 aromatic heterocycles. The van der Waals surface area contributed by atoms with Crippen LogP contribution in [-0.2, 0) is 12.8 Å². The molecule has 0 aliphatic rings. The fourth-order valence-corrected chi connectivity index (χ4v) is 2.88. The standard InChI is InChI=1S/C14H15F3N2OS/c1-2-3-11-12(21-13(18)19-11)8-9-4-6-10(7-5-9)20-14(15,16)17/h4-7H,2-3,8H2,1H3,(H2,18,19). The summed E-state index contributed by atoms with van der Waals surface area (Å²) in [6.45, 7) is 2.06. The van der Waals surface area contributed by atoms with Crippen LogP contribution in [0, 0.1) is 0 Å². The van der Waals surface area contributed by atoms with E-state index in [2.05, 4.69) is 16.6 Å². The quantitative estimate of drug-likeness (QED) is 0.900. The van der Waals surface area contributed by atoms with E-state index >= 15 is 0 Å². The van der Waals surface area contributed by atoms with Crippen molar-refractivity contribution in [2.75, 3.05) is 5.73 Å². The number of nitrogens with two attached hydrogens (primary N) is 1. The van der Waals surface area contributed by atoms with E-state index in [0.717, 1.165) is 29.0 Å². The lowest BCUT2D eigenvalue weighted by Crippen LogP contribution is -2.17. The van der Waals surface area contributed by atoms with Crippen molar-refractivity contribution in [3.05, 3.63) is 40.4 Å². The summed E-state index contributed by atoms with van der Waals surface area (Å²) in [6.07, 6.45) is -2.24. The molecule has 2 N–H and O–H groups in total. The molecule has 7 heteroatoms. The van der Waals surface area contributed by atoms with Gasteiger partial charge in [0, 0.05) is 11.3 Å². The number of anilines is 1. The summed E-state index contributed by atoms with van der Waals surface area (Å²) in [5.41, 5.74) is 7.58. The summed E-state index contributed by atoms with van der Waals surface area (Å²) >= 11 is 1.42. The summed E-state index contributed by atoms with van der Waals surface area (Å²) in [4.78, 5) is 5.34. The third kappa shape index (κ3) is 4.63. The predicted molar refractivity (Wildman–Crippen MR) is 76.5 cm³/mol. The van der Waals surface area contributed by atoms with Crippen LogP contribution in [0.15, 0.2) is 24.3 Å². The average Bonchev–Trinajstić information content (AvgIpc) is 2.71. The first kappa shape index (κ1) is 15.6. The smallest absolute Gasteiger partial charge is 0.406 e. The Balaban J connectivity index is 2.10. The summed E-state index contributed by atoms with van der Waals surface area (Å²) in [5.74, 6) is -0.219. The molecule has 3 nitrogen and oxygen atoms in total. The Hall–Kier alpha value is -1.76. The van der Waals surface area contributed by atoms with Gasteiger partial charge in [0.25, 0.3) is 0 Å². The molecule has 0 bridgehead atoms. The van der Waals surface area contributed by atoms with Gasteiger partial charge >= 0.3 is 6.36 Å². The van der Waals surface area contributed by atoms with Crippen molar-refractivity contribution in [1.29, 1.82) is 0 Å². The lowest BCUT2D eigenvalue weighted by atomic mass is 10.1. The number of hydrogen-bond acceptors (Lipinski definition) is 4. The number of ether oxygens (including phenoxy) is 1. The lowest BCUT2D eigenvalue weighted by molar-refractivity contribution is -0.274. The first-order chi connectivity index (χ1) is 9.87. The Bertz CT molecular complexity index is 593. The molecule has 0 aliphatic carbocycles. The van der Waals surface area contributed by atoms with Crippen LogP contribution in [0.3, 0.4) is 0 Å². The second kappa shape index (κ2) is 6.34. The van der Waals surface area contributed by atoms with E-state index < -0.39 is 6.36 Å². The number of nitrogen functional groups attached to an aromatic ring is 1. The number of aryl methyl sites for hydroxylation is 1. The van der Waals surface area contributed by atoms with Crippen molar-refractivity contribution >= 4 is 16.5 Å². The van der Waals surface area contributed by atoms with Crippen LogP contribution >= 0.6 is 11.3 Å². The van der Waals surface area contributed by atoms with Crippen LogP contribution in [0.4, 0.5) is 18.3 Å². The molecule has 0 radical (unpaired) electrons. The topological polar surface area (TPSA) is 48.1 Å². The van der Waals surface area contributed by atoms with Crippen molar-refractivity contribution in [3.63, 3.8) is 0 Å². The van der Waals surface area contributed by atoms with Gasteiger partial charge in [-0.15, -0.1) is 24.5 Å². The maximum absolute atomic E-state index is 12.1. The molecule has 0 fully saturated rings. The molecular formula is C14H15F3N2OS. The molecule has 21 heavy (non-hydrogen) atoms. The number of halogens is 3. The van der Waals surface area contributed by atoms with Crippen LogP contribution in [0.5, 0.6) is 5.75 Å². The SMILES string of the molecule is CCCc1nc(N)sc1Cc1ccc(OC(F)(F)F)cc1. The zero-order valence-corrected chi connectivity index (χ0v) is 12.2. The number of benzene rings is 1. The van der Waals surface area contributed by atoms with Crippen LogP contribution < -0.4 is 10.5 Å². The van der Waals surface area contributed by atoms with Crippen LogP contribution in [0.2, 0.25) is 0 Å². The van der Waals surface area contributed by atoms with Gasteiger partial charge in [-0.3, -0.25) is 0 Å². The third-order valence-electron chi connectivity index (χ3n) is 2.80. The Kier molecular flexibility index (Phi) is 4.72. The normalized spacial score (nSPS) is 11.6. The van der Waals surface area contributed by atoms with E-state index in [0.29, 0.717) is 11.6 Å². The van der Waals surface area contributed by atoms with Gasteiger partial charge in [0.2, 0.25) is 0 Å². The fraction of sp³-hybridized carbons (Fsp3) is 0.357. The highest BCUT2D eigenvalue weighted by Crippen LogP contribution is 2.27. The minimum Gasteiger partial charge on any atom is -0.406 e. The van der Waals surface area contributed by atoms with Gasteiger partial charge in [0.05, 0.1) is 5.69 Å². The highest BCUT2D eigenvalue weighted by atomic mass is 32.1. The summed E-state index contributed by atoms with van der Waals surface area (Å²) in [7, 11) is 0. The van der Waals surface area contributed by atoms with Crippen molar-refractivity contribution in [2.24, 2.45) is 0 Å². The zero-order valence-electron chi connectivity index (χ0n) is 11.4. The van der Waals surface area contributed by atoms with Gasteiger partial charge in [-0.25, -0.2) is 4.98 Å². The Morgan fingerprint density at radius 2 is 1.90 bits per heavy atom. The van der Waals surface area contributed by atoms with E-state index in [1.54, 1.807) is 12.1 Å². The highest BCUT2D eigenvalue weighted by molar-refractivity contribution is 7.15. The van der Waals surface area contributed by atoms with E-state index in [4.69, 9.17) is 5.73 Å². The molecule has 0 saturated carbocycles.